The van der Waals surface area contributed by atoms with Crippen LogP contribution in [0.4, 0.5) is 11.4 Å². The van der Waals surface area contributed by atoms with E-state index < -0.39 is 0 Å². The highest BCUT2D eigenvalue weighted by Gasteiger charge is 2.23. The summed E-state index contributed by atoms with van der Waals surface area (Å²) in [6, 6.07) is 17.2. The van der Waals surface area contributed by atoms with Gasteiger partial charge in [-0.25, -0.2) is 0 Å². The number of carbonyl (C=O) groups excluding carboxylic acids is 2. The molecule has 1 N–H and O–H groups in total. The standard InChI is InChI=1S/C27H25N3O4/c1-16-24(17(2)34-29-16)15-33-26-14-20-7-5-4-6-19(20)13-23(26)27(32)28-22-8-9-25-21(12-22)10-11-30(25)18(3)31/h4-9,12-14H,10-11,15H2,1-3H3,(H,28,32). The number of aromatic nitrogens is 1. The molecule has 1 aliphatic heterocycles. The molecule has 0 saturated carbocycles. The van der Waals surface area contributed by atoms with E-state index in [0.717, 1.165) is 39.7 Å². The Balaban J connectivity index is 1.44. The molecule has 4 aromatic rings. The van der Waals surface area contributed by atoms with Crippen molar-refractivity contribution in [2.45, 2.75) is 33.8 Å². The molecule has 0 aliphatic carbocycles. The van der Waals surface area contributed by atoms with Gasteiger partial charge in [-0.3, -0.25) is 9.59 Å². The van der Waals surface area contributed by atoms with E-state index in [2.05, 4.69) is 10.5 Å². The van der Waals surface area contributed by atoms with Gasteiger partial charge in [0.15, 0.2) is 0 Å². The second kappa shape index (κ2) is 8.67. The van der Waals surface area contributed by atoms with Crippen molar-refractivity contribution in [2.24, 2.45) is 0 Å². The topological polar surface area (TPSA) is 84.7 Å². The summed E-state index contributed by atoms with van der Waals surface area (Å²) in [7, 11) is 0. The number of rotatable bonds is 5. The van der Waals surface area contributed by atoms with Gasteiger partial charge in [0.1, 0.15) is 18.1 Å². The van der Waals surface area contributed by atoms with Gasteiger partial charge in [-0.15, -0.1) is 0 Å². The lowest BCUT2D eigenvalue weighted by Crippen LogP contribution is -2.25. The Labute approximate surface area is 197 Å². The van der Waals surface area contributed by atoms with Crippen molar-refractivity contribution in [3.05, 3.63) is 82.7 Å². The number of nitrogens with zero attached hydrogens (tertiary/aromatic N) is 2. The number of aryl methyl sites for hydroxylation is 2. The van der Waals surface area contributed by atoms with E-state index in [9.17, 15) is 9.59 Å². The van der Waals surface area contributed by atoms with Crippen LogP contribution in [0.25, 0.3) is 10.8 Å². The molecule has 3 aromatic carbocycles. The molecule has 1 aliphatic rings. The van der Waals surface area contributed by atoms with E-state index >= 15 is 0 Å². The monoisotopic (exact) mass is 455 g/mol. The minimum absolute atomic E-state index is 0.0202. The minimum atomic E-state index is -0.263. The van der Waals surface area contributed by atoms with E-state index in [1.54, 1.807) is 11.8 Å². The van der Waals surface area contributed by atoms with E-state index in [1.165, 1.54) is 0 Å². The number of benzene rings is 3. The second-order valence-electron chi connectivity index (χ2n) is 8.51. The third kappa shape index (κ3) is 4.01. The fourth-order valence-electron chi connectivity index (χ4n) is 4.38. The third-order valence-corrected chi connectivity index (χ3v) is 6.26. The first kappa shape index (κ1) is 21.7. The molecule has 0 fully saturated rings. The van der Waals surface area contributed by atoms with Crippen LogP contribution in [0.1, 0.15) is 39.9 Å². The molecule has 7 nitrogen and oxygen atoms in total. The molecule has 0 bridgehead atoms. The van der Waals surface area contributed by atoms with Crippen LogP contribution in [0.15, 0.2) is 59.1 Å². The smallest absolute Gasteiger partial charge is 0.259 e. The summed E-state index contributed by atoms with van der Waals surface area (Å²) in [5.74, 6) is 0.940. The molecule has 7 heteroatoms. The number of nitrogens with one attached hydrogen (secondary N) is 1. The Hall–Kier alpha value is -4.13. The summed E-state index contributed by atoms with van der Waals surface area (Å²) in [5, 5.41) is 8.91. The van der Waals surface area contributed by atoms with E-state index in [-0.39, 0.29) is 18.4 Å². The van der Waals surface area contributed by atoms with Gasteiger partial charge in [0, 0.05) is 24.8 Å². The van der Waals surface area contributed by atoms with Gasteiger partial charge >= 0.3 is 0 Å². The number of hydrogen-bond donors (Lipinski definition) is 1. The second-order valence-corrected chi connectivity index (χ2v) is 8.51. The Morgan fingerprint density at radius 2 is 1.85 bits per heavy atom. The van der Waals surface area contributed by atoms with E-state index in [4.69, 9.17) is 9.26 Å². The lowest BCUT2D eigenvalue weighted by Gasteiger charge is -2.16. The molecule has 2 heterocycles. The highest BCUT2D eigenvalue weighted by Crippen LogP contribution is 2.32. The number of carbonyl (C=O) groups is 2. The zero-order valence-corrected chi connectivity index (χ0v) is 19.3. The summed E-state index contributed by atoms with van der Waals surface area (Å²) in [5.41, 5.74) is 4.70. The van der Waals surface area contributed by atoms with Crippen molar-refractivity contribution in [2.75, 3.05) is 16.8 Å². The molecule has 0 radical (unpaired) electrons. The lowest BCUT2D eigenvalue weighted by molar-refractivity contribution is -0.116. The van der Waals surface area contributed by atoms with Gasteiger partial charge in [-0.05, 0) is 66.9 Å². The van der Waals surface area contributed by atoms with Gasteiger partial charge < -0.3 is 19.5 Å². The largest absolute Gasteiger partial charge is 0.488 e. The first-order valence-corrected chi connectivity index (χ1v) is 11.2. The van der Waals surface area contributed by atoms with E-state index in [0.29, 0.717) is 29.3 Å². The highest BCUT2D eigenvalue weighted by atomic mass is 16.5. The van der Waals surface area contributed by atoms with Crippen molar-refractivity contribution >= 4 is 34.0 Å². The zero-order valence-electron chi connectivity index (χ0n) is 19.3. The summed E-state index contributed by atoms with van der Waals surface area (Å²) in [6.07, 6.45) is 0.764. The molecule has 172 valence electrons. The summed E-state index contributed by atoms with van der Waals surface area (Å²) in [6.45, 7) is 6.18. The molecule has 0 saturated heterocycles. The zero-order chi connectivity index (χ0) is 23.8. The van der Waals surface area contributed by atoms with Crippen LogP contribution in [-0.2, 0) is 17.8 Å². The van der Waals surface area contributed by atoms with Crippen molar-refractivity contribution in [1.82, 2.24) is 5.16 Å². The van der Waals surface area contributed by atoms with Gasteiger partial charge in [0.2, 0.25) is 5.91 Å². The SMILES string of the molecule is CC(=O)N1CCc2cc(NC(=O)c3cc4ccccc4cc3OCc3c(C)noc3C)ccc21. The molecule has 5 rings (SSSR count). The number of amides is 2. The molecule has 2 amide bonds. The molecule has 34 heavy (non-hydrogen) atoms. The van der Waals surface area contributed by atoms with Gasteiger partial charge in [-0.2, -0.15) is 0 Å². The fourth-order valence-corrected chi connectivity index (χ4v) is 4.38. The Bertz CT molecular complexity index is 1400. The lowest BCUT2D eigenvalue weighted by atomic mass is 10.0. The molecule has 0 atom stereocenters. The molecule has 0 unspecified atom stereocenters. The third-order valence-electron chi connectivity index (χ3n) is 6.26. The Morgan fingerprint density at radius 1 is 1.09 bits per heavy atom. The molecule has 0 spiro atoms. The maximum absolute atomic E-state index is 13.4. The Morgan fingerprint density at radius 3 is 2.56 bits per heavy atom. The maximum Gasteiger partial charge on any atom is 0.259 e. The van der Waals surface area contributed by atoms with Gasteiger partial charge in [0.25, 0.3) is 5.91 Å². The van der Waals surface area contributed by atoms with Crippen LogP contribution in [-0.4, -0.2) is 23.5 Å². The maximum atomic E-state index is 13.4. The number of hydrogen-bond acceptors (Lipinski definition) is 5. The van der Waals surface area contributed by atoms with Crippen molar-refractivity contribution in [1.29, 1.82) is 0 Å². The number of fused-ring (bicyclic) bond motifs is 2. The van der Waals surface area contributed by atoms with Crippen LogP contribution < -0.4 is 15.0 Å². The summed E-state index contributed by atoms with van der Waals surface area (Å²) < 4.78 is 11.4. The first-order valence-electron chi connectivity index (χ1n) is 11.2. The fraction of sp³-hybridized carbons (Fsp3) is 0.222. The highest BCUT2D eigenvalue weighted by molar-refractivity contribution is 6.09. The van der Waals surface area contributed by atoms with Gasteiger partial charge in [-0.1, -0.05) is 29.4 Å². The van der Waals surface area contributed by atoms with E-state index in [1.807, 2.05) is 68.4 Å². The average molecular weight is 456 g/mol. The normalized spacial score (nSPS) is 12.6. The average Bonchev–Trinajstić information content (AvgIpc) is 3.39. The van der Waals surface area contributed by atoms with Crippen LogP contribution in [0.2, 0.25) is 0 Å². The van der Waals surface area contributed by atoms with Crippen LogP contribution in [0.5, 0.6) is 5.75 Å². The molecular weight excluding hydrogens is 430 g/mol. The summed E-state index contributed by atoms with van der Waals surface area (Å²) >= 11 is 0. The predicted molar refractivity (Wildman–Crippen MR) is 130 cm³/mol. The quantitative estimate of drug-likeness (QED) is 0.448. The molecule has 1 aromatic heterocycles. The minimum Gasteiger partial charge on any atom is -0.488 e. The van der Waals surface area contributed by atoms with Crippen molar-refractivity contribution in [3.8, 4) is 5.75 Å². The van der Waals surface area contributed by atoms with Crippen LogP contribution in [0, 0.1) is 13.8 Å². The van der Waals surface area contributed by atoms with Crippen LogP contribution in [0.3, 0.4) is 0 Å². The summed E-state index contributed by atoms with van der Waals surface area (Å²) in [4.78, 5) is 26.9. The van der Waals surface area contributed by atoms with Crippen molar-refractivity contribution in [3.63, 3.8) is 0 Å². The van der Waals surface area contributed by atoms with Crippen molar-refractivity contribution < 1.29 is 18.8 Å². The number of ether oxygens (including phenoxy) is 1. The number of anilines is 2. The Kier molecular flexibility index (Phi) is 5.53. The first-order chi connectivity index (χ1) is 16.4. The van der Waals surface area contributed by atoms with Gasteiger partial charge in [0.05, 0.1) is 16.8 Å². The predicted octanol–water partition coefficient (Wildman–Crippen LogP) is 5.18. The molecular formula is C27H25N3O4. The van der Waals surface area contributed by atoms with Crippen LogP contribution >= 0.6 is 0 Å².